The third kappa shape index (κ3) is 6.34. The van der Waals surface area contributed by atoms with Gasteiger partial charge in [0, 0.05) is 44.2 Å². The van der Waals surface area contributed by atoms with E-state index in [1.165, 1.54) is 71.9 Å². The van der Waals surface area contributed by atoms with Crippen molar-refractivity contribution in [1.82, 2.24) is 4.98 Å². The number of carbonyl (C=O) groups excluding carboxylic acids is 1. The number of carbonyl (C=O) groups is 1. The fraction of sp³-hybridized carbons (Fsp3) is 0.444. The molecule has 2 aromatic carbocycles. The van der Waals surface area contributed by atoms with Crippen LogP contribution in [0.2, 0.25) is 0 Å². The van der Waals surface area contributed by atoms with Gasteiger partial charge in [0.25, 0.3) is 0 Å². The first-order valence-electron chi connectivity index (χ1n) is 15.2. The van der Waals surface area contributed by atoms with Crippen molar-refractivity contribution in [3.05, 3.63) is 88.8 Å². The minimum Gasteiger partial charge on any atom is -0.512 e. The Kier molecular flexibility index (Phi) is 9.71. The Morgan fingerprint density at radius 1 is 0.775 bits per heavy atom. The summed E-state index contributed by atoms with van der Waals surface area (Å²) in [6.45, 7) is 0. The Hall–Kier alpha value is -2.55. The van der Waals surface area contributed by atoms with Crippen molar-refractivity contribution in [2.75, 3.05) is 0 Å². The smallest absolute Gasteiger partial charge is 0.162 e. The third-order valence-electron chi connectivity index (χ3n) is 9.28. The van der Waals surface area contributed by atoms with E-state index in [1.807, 2.05) is 12.3 Å². The zero-order valence-electron chi connectivity index (χ0n) is 23.4. The molecule has 4 aliphatic carbocycles. The quantitative estimate of drug-likeness (QED) is 0.168. The molecule has 3 nitrogen and oxygen atoms in total. The van der Waals surface area contributed by atoms with Crippen molar-refractivity contribution in [2.45, 2.75) is 89.9 Å². The van der Waals surface area contributed by atoms with Gasteiger partial charge in [-0.25, -0.2) is 0 Å². The average Bonchev–Trinajstić information content (AvgIpc) is 3.01. The summed E-state index contributed by atoms with van der Waals surface area (Å²) in [4.78, 5) is 16.5. The van der Waals surface area contributed by atoms with Crippen LogP contribution in [0, 0.1) is 17.9 Å². The molecule has 0 saturated heterocycles. The molecule has 4 aliphatic rings. The number of hydrogen-bond acceptors (Lipinski definition) is 3. The van der Waals surface area contributed by atoms with Crippen molar-refractivity contribution in [3.63, 3.8) is 0 Å². The summed E-state index contributed by atoms with van der Waals surface area (Å²) < 4.78 is 0. The van der Waals surface area contributed by atoms with Crippen LogP contribution in [0.5, 0.6) is 0 Å². The molecule has 0 spiro atoms. The molecule has 0 amide bonds. The van der Waals surface area contributed by atoms with E-state index >= 15 is 0 Å². The van der Waals surface area contributed by atoms with Gasteiger partial charge in [-0.1, -0.05) is 80.0 Å². The van der Waals surface area contributed by atoms with Crippen molar-refractivity contribution < 1.29 is 30.0 Å². The van der Waals surface area contributed by atoms with Gasteiger partial charge in [0.1, 0.15) is 0 Å². The number of pyridine rings is 1. The number of aliphatic hydroxyl groups is 1. The Morgan fingerprint density at radius 3 is 2.10 bits per heavy atom. The maximum absolute atomic E-state index is 12.0. The Morgan fingerprint density at radius 2 is 1.43 bits per heavy atom. The predicted octanol–water partition coefficient (Wildman–Crippen LogP) is 8.57. The van der Waals surface area contributed by atoms with Crippen LogP contribution in [0.3, 0.4) is 0 Å². The molecule has 1 N–H and O–H groups in total. The number of benzene rings is 2. The fourth-order valence-electron chi connectivity index (χ4n) is 7.14. The number of aromatic nitrogens is 1. The second-order valence-corrected chi connectivity index (χ2v) is 11.9. The van der Waals surface area contributed by atoms with E-state index in [4.69, 9.17) is 0 Å². The number of rotatable bonds is 4. The van der Waals surface area contributed by atoms with Crippen LogP contribution in [0.1, 0.15) is 86.5 Å². The van der Waals surface area contributed by atoms with E-state index in [0.29, 0.717) is 5.76 Å². The van der Waals surface area contributed by atoms with Crippen LogP contribution in [0.15, 0.2) is 60.5 Å². The van der Waals surface area contributed by atoms with Crippen molar-refractivity contribution in [1.29, 1.82) is 0 Å². The molecule has 3 aromatic rings. The van der Waals surface area contributed by atoms with E-state index < -0.39 is 0 Å². The second-order valence-electron chi connectivity index (χ2n) is 11.9. The molecule has 211 valence electrons. The summed E-state index contributed by atoms with van der Waals surface area (Å²) in [6, 6.07) is 18.9. The van der Waals surface area contributed by atoms with Gasteiger partial charge in [0.15, 0.2) is 5.78 Å². The monoisotopic (exact) mass is 711 g/mol. The molecule has 2 fully saturated rings. The van der Waals surface area contributed by atoms with E-state index in [0.717, 1.165) is 62.6 Å². The normalized spacial score (nSPS) is 18.6. The topological polar surface area (TPSA) is 50.2 Å². The van der Waals surface area contributed by atoms with Crippen LogP contribution < -0.4 is 0 Å². The average molecular weight is 711 g/mol. The van der Waals surface area contributed by atoms with Crippen LogP contribution >= 0.6 is 0 Å². The first-order valence-corrected chi connectivity index (χ1v) is 15.2. The van der Waals surface area contributed by atoms with Crippen LogP contribution in [0.4, 0.5) is 0 Å². The summed E-state index contributed by atoms with van der Waals surface area (Å²) in [5.74, 6) is 0.985. The molecule has 2 saturated carbocycles. The molecule has 1 heterocycles. The van der Waals surface area contributed by atoms with Gasteiger partial charge in [-0.2, -0.15) is 0 Å². The van der Waals surface area contributed by atoms with E-state index in [2.05, 4.69) is 47.4 Å². The molecule has 40 heavy (non-hydrogen) atoms. The van der Waals surface area contributed by atoms with E-state index in [9.17, 15) is 9.90 Å². The van der Waals surface area contributed by atoms with Gasteiger partial charge in [0.05, 0.1) is 5.76 Å². The van der Waals surface area contributed by atoms with Crippen LogP contribution in [-0.2, 0) is 50.6 Å². The number of aliphatic hydroxyl groups excluding tert-OH is 1. The molecular weight excluding hydrogens is 671 g/mol. The van der Waals surface area contributed by atoms with Gasteiger partial charge in [-0.3, -0.25) is 4.79 Å². The van der Waals surface area contributed by atoms with Crippen LogP contribution in [-0.4, -0.2) is 15.9 Å². The van der Waals surface area contributed by atoms with Gasteiger partial charge in [-0.05, 0) is 74.3 Å². The molecule has 0 atom stereocenters. The van der Waals surface area contributed by atoms with Gasteiger partial charge >= 0.3 is 0 Å². The number of hydrogen-bond donors (Lipinski definition) is 1. The number of aryl methyl sites for hydroxylation is 4. The zero-order chi connectivity index (χ0) is 26.6. The number of nitrogens with zero attached hydrogens (tertiary/aromatic N) is 1. The molecule has 0 unspecified atom stereocenters. The predicted molar refractivity (Wildman–Crippen MR) is 158 cm³/mol. The first-order chi connectivity index (χ1) is 19.2. The third-order valence-corrected chi connectivity index (χ3v) is 9.28. The maximum Gasteiger partial charge on any atom is 0.162 e. The fourth-order valence-corrected chi connectivity index (χ4v) is 7.14. The summed E-state index contributed by atoms with van der Waals surface area (Å²) in [6.07, 6.45) is 19.4. The van der Waals surface area contributed by atoms with Crippen LogP contribution in [0.25, 0.3) is 22.4 Å². The molecule has 7 rings (SSSR count). The SMILES string of the molecule is O=C(/C=C(\O)C1CCCCC1)C1CCCCC1.[Ir].[c-]1c(-c2ccccn2)cc2c3c1CCc1cccc(c1-3)CC2. The molecule has 1 radical (unpaired) electrons. The zero-order valence-corrected chi connectivity index (χ0v) is 25.8. The second kappa shape index (κ2) is 13.4. The minimum absolute atomic E-state index is 0. The number of ketones is 1. The minimum atomic E-state index is 0. The van der Waals surface area contributed by atoms with E-state index in [1.54, 1.807) is 6.08 Å². The van der Waals surface area contributed by atoms with Crippen molar-refractivity contribution in [2.24, 2.45) is 11.8 Å². The maximum atomic E-state index is 12.0. The van der Waals surface area contributed by atoms with Gasteiger partial charge < -0.3 is 10.1 Å². The summed E-state index contributed by atoms with van der Waals surface area (Å²) in [7, 11) is 0. The molecule has 0 aliphatic heterocycles. The number of allylic oxidation sites excluding steroid dienone is 2. The molecular formula is C36H40IrNO2-. The summed E-state index contributed by atoms with van der Waals surface area (Å²) in [5, 5.41) is 10.0. The Bertz CT molecular complexity index is 1300. The summed E-state index contributed by atoms with van der Waals surface area (Å²) in [5.41, 5.74) is 11.1. The van der Waals surface area contributed by atoms with Crippen molar-refractivity contribution in [3.8, 4) is 22.4 Å². The summed E-state index contributed by atoms with van der Waals surface area (Å²) >= 11 is 0. The van der Waals surface area contributed by atoms with Crippen molar-refractivity contribution >= 4 is 5.78 Å². The first kappa shape index (κ1) is 29.0. The Balaban J connectivity index is 0.000000163. The van der Waals surface area contributed by atoms with E-state index in [-0.39, 0.29) is 37.7 Å². The van der Waals surface area contributed by atoms with Gasteiger partial charge in [0.2, 0.25) is 0 Å². The molecule has 1 aromatic heterocycles. The van der Waals surface area contributed by atoms with Gasteiger partial charge in [-0.15, -0.1) is 28.8 Å². The Labute approximate surface area is 252 Å². The molecule has 0 bridgehead atoms. The largest absolute Gasteiger partial charge is 0.512 e. The molecule has 4 heteroatoms. The standard InChI is InChI=1S/C21H16N.C15H24O2.Ir/c1-2-11-22-19(6-1)18-12-16-9-7-14-4-3-5-15-8-10-17(13-18)21(16)20(14)15;16-14(12-7-3-1-4-8-12)11-15(17)13-9-5-2-6-10-13;/h1-6,11-12H,7-10H2;11-13,16H,1-10H2;/q-1;;/b;14-11-;.